The summed E-state index contributed by atoms with van der Waals surface area (Å²) < 4.78 is 21.5. The molecule has 4 aromatic rings. The minimum Gasteiger partial charge on any atom is -0.494 e. The monoisotopic (exact) mass is 407 g/mol. The molecule has 9 heteroatoms. The molecule has 1 amide bonds. The number of fused-ring (bicyclic) bond motifs is 1. The summed E-state index contributed by atoms with van der Waals surface area (Å²) in [5.41, 5.74) is 1.23. The Morgan fingerprint density at radius 3 is 2.67 bits per heavy atom. The van der Waals surface area contributed by atoms with E-state index in [1.807, 2.05) is 31.2 Å². The third-order valence-corrected chi connectivity index (χ3v) is 4.39. The molecule has 0 fully saturated rings. The highest BCUT2D eigenvalue weighted by Crippen LogP contribution is 2.21. The molecule has 152 valence electrons. The van der Waals surface area contributed by atoms with Gasteiger partial charge >= 0.3 is 0 Å². The van der Waals surface area contributed by atoms with Gasteiger partial charge in [0.05, 0.1) is 18.0 Å². The van der Waals surface area contributed by atoms with Crippen molar-refractivity contribution in [3.8, 4) is 17.0 Å². The van der Waals surface area contributed by atoms with Gasteiger partial charge in [0.1, 0.15) is 30.0 Å². The molecule has 0 spiro atoms. The predicted molar refractivity (Wildman–Crippen MR) is 109 cm³/mol. The molecule has 0 bridgehead atoms. The van der Waals surface area contributed by atoms with Crippen LogP contribution in [0.15, 0.2) is 65.7 Å². The zero-order valence-corrected chi connectivity index (χ0v) is 16.1. The van der Waals surface area contributed by atoms with E-state index in [0.29, 0.717) is 12.3 Å². The Balaban J connectivity index is 1.57. The number of aromatic nitrogens is 4. The summed E-state index contributed by atoms with van der Waals surface area (Å²) in [7, 11) is 0. The summed E-state index contributed by atoms with van der Waals surface area (Å²) in [6.45, 7) is 2.13. The van der Waals surface area contributed by atoms with Crippen molar-refractivity contribution >= 4 is 17.1 Å². The van der Waals surface area contributed by atoms with E-state index in [1.165, 1.54) is 29.0 Å². The number of anilines is 1. The Hall–Kier alpha value is -4.01. The predicted octanol–water partition coefficient (Wildman–Crippen LogP) is 2.73. The standard InChI is InChI=1S/C21H18FN5O3/c1-2-30-15-9-7-14(8-10-15)18-11-19-21(29)26(23-13-27(19)25-18)12-20(28)24-17-6-4-3-5-16(17)22/h3-11,13H,2,12H2,1H3,(H,24,28). The highest BCUT2D eigenvalue weighted by Gasteiger charge is 2.13. The van der Waals surface area contributed by atoms with Gasteiger partial charge in [0.15, 0.2) is 0 Å². The number of ether oxygens (including phenoxy) is 1. The molecule has 2 heterocycles. The summed E-state index contributed by atoms with van der Waals surface area (Å²) >= 11 is 0. The molecule has 0 saturated heterocycles. The van der Waals surface area contributed by atoms with E-state index in [1.54, 1.807) is 12.1 Å². The molecule has 0 radical (unpaired) electrons. The van der Waals surface area contributed by atoms with Crippen molar-refractivity contribution in [2.24, 2.45) is 0 Å². The molecule has 0 unspecified atom stereocenters. The highest BCUT2D eigenvalue weighted by atomic mass is 19.1. The van der Waals surface area contributed by atoms with Crippen LogP contribution in [-0.2, 0) is 11.3 Å². The summed E-state index contributed by atoms with van der Waals surface area (Å²) in [6, 6.07) is 14.8. The smallest absolute Gasteiger partial charge is 0.293 e. The van der Waals surface area contributed by atoms with Crippen LogP contribution in [0.5, 0.6) is 5.75 Å². The molecule has 0 aliphatic carbocycles. The van der Waals surface area contributed by atoms with Crippen molar-refractivity contribution in [2.45, 2.75) is 13.5 Å². The Morgan fingerprint density at radius 1 is 1.17 bits per heavy atom. The Labute approximate surface area is 170 Å². The molecule has 0 atom stereocenters. The lowest BCUT2D eigenvalue weighted by Gasteiger charge is -2.07. The molecule has 4 rings (SSSR count). The number of rotatable bonds is 6. The van der Waals surface area contributed by atoms with Crippen LogP contribution in [0.4, 0.5) is 10.1 Å². The minimum atomic E-state index is -0.565. The number of halogens is 1. The maximum atomic E-state index is 13.7. The van der Waals surface area contributed by atoms with Crippen molar-refractivity contribution in [3.63, 3.8) is 0 Å². The van der Waals surface area contributed by atoms with Crippen molar-refractivity contribution in [1.29, 1.82) is 0 Å². The number of para-hydroxylation sites is 1. The molecular formula is C21H18FN5O3. The second-order valence-electron chi connectivity index (χ2n) is 6.44. The van der Waals surface area contributed by atoms with Crippen LogP contribution < -0.4 is 15.6 Å². The molecule has 0 aliphatic rings. The molecule has 8 nitrogen and oxygen atoms in total. The zero-order chi connectivity index (χ0) is 21.1. The van der Waals surface area contributed by atoms with Crippen LogP contribution in [0.25, 0.3) is 16.8 Å². The fourth-order valence-corrected chi connectivity index (χ4v) is 2.97. The first-order chi connectivity index (χ1) is 14.5. The van der Waals surface area contributed by atoms with Crippen molar-refractivity contribution in [2.75, 3.05) is 11.9 Å². The number of nitrogens with zero attached hydrogens (tertiary/aromatic N) is 4. The van der Waals surface area contributed by atoms with E-state index in [4.69, 9.17) is 4.74 Å². The molecule has 2 aromatic heterocycles. The Morgan fingerprint density at radius 2 is 1.93 bits per heavy atom. The molecule has 2 aromatic carbocycles. The summed E-state index contributed by atoms with van der Waals surface area (Å²) in [4.78, 5) is 25.0. The van der Waals surface area contributed by atoms with Gasteiger partial charge in [-0.2, -0.15) is 10.2 Å². The third-order valence-electron chi connectivity index (χ3n) is 4.39. The van der Waals surface area contributed by atoms with E-state index >= 15 is 0 Å². The van der Waals surface area contributed by atoms with Crippen LogP contribution >= 0.6 is 0 Å². The molecule has 0 saturated carbocycles. The molecule has 30 heavy (non-hydrogen) atoms. The number of benzene rings is 2. The zero-order valence-electron chi connectivity index (χ0n) is 16.1. The minimum absolute atomic E-state index is 0.0405. The summed E-state index contributed by atoms with van der Waals surface area (Å²) in [5, 5.41) is 10.8. The highest BCUT2D eigenvalue weighted by molar-refractivity contribution is 5.90. The first-order valence-corrected chi connectivity index (χ1v) is 9.28. The first-order valence-electron chi connectivity index (χ1n) is 9.28. The number of carbonyl (C=O) groups excluding carboxylic acids is 1. The van der Waals surface area contributed by atoms with E-state index in [-0.39, 0.29) is 17.7 Å². The van der Waals surface area contributed by atoms with Gasteiger partial charge in [-0.25, -0.2) is 13.6 Å². The lowest BCUT2D eigenvalue weighted by atomic mass is 10.1. The Kier molecular flexibility index (Phi) is 5.25. The van der Waals surface area contributed by atoms with Gasteiger partial charge in [0, 0.05) is 5.56 Å². The van der Waals surface area contributed by atoms with Gasteiger partial charge in [-0.15, -0.1) is 0 Å². The number of hydrogen-bond acceptors (Lipinski definition) is 5. The summed E-state index contributed by atoms with van der Waals surface area (Å²) in [6.07, 6.45) is 1.35. The third kappa shape index (κ3) is 3.90. The van der Waals surface area contributed by atoms with E-state index in [0.717, 1.165) is 16.0 Å². The number of hydrogen-bond donors (Lipinski definition) is 1. The topological polar surface area (TPSA) is 90.5 Å². The first kappa shape index (κ1) is 19.3. The second-order valence-corrected chi connectivity index (χ2v) is 6.44. The van der Waals surface area contributed by atoms with Gasteiger partial charge in [0.2, 0.25) is 5.91 Å². The number of amides is 1. The van der Waals surface area contributed by atoms with Crippen LogP contribution in [0.2, 0.25) is 0 Å². The van der Waals surface area contributed by atoms with Crippen molar-refractivity contribution < 1.29 is 13.9 Å². The van der Waals surface area contributed by atoms with Crippen LogP contribution in [0.3, 0.4) is 0 Å². The van der Waals surface area contributed by atoms with E-state index in [9.17, 15) is 14.0 Å². The summed E-state index contributed by atoms with van der Waals surface area (Å²) in [5.74, 6) is -0.377. The average molecular weight is 407 g/mol. The molecule has 1 N–H and O–H groups in total. The quantitative estimate of drug-likeness (QED) is 0.531. The molecule has 0 aliphatic heterocycles. The van der Waals surface area contributed by atoms with Gasteiger partial charge in [-0.05, 0) is 49.4 Å². The van der Waals surface area contributed by atoms with E-state index in [2.05, 4.69) is 15.5 Å². The van der Waals surface area contributed by atoms with Crippen LogP contribution in [0.1, 0.15) is 6.92 Å². The van der Waals surface area contributed by atoms with Gasteiger partial charge < -0.3 is 10.1 Å². The lowest BCUT2D eigenvalue weighted by Crippen LogP contribution is -2.30. The van der Waals surface area contributed by atoms with Gasteiger partial charge in [-0.3, -0.25) is 9.59 Å². The number of carbonyl (C=O) groups is 1. The van der Waals surface area contributed by atoms with Gasteiger partial charge in [0.25, 0.3) is 5.56 Å². The maximum absolute atomic E-state index is 13.7. The fraction of sp³-hybridized carbons (Fsp3) is 0.143. The molecular weight excluding hydrogens is 389 g/mol. The largest absolute Gasteiger partial charge is 0.494 e. The Bertz CT molecular complexity index is 1260. The average Bonchev–Trinajstić information content (AvgIpc) is 3.18. The second kappa shape index (κ2) is 8.16. The lowest BCUT2D eigenvalue weighted by molar-refractivity contribution is -0.117. The van der Waals surface area contributed by atoms with Gasteiger partial charge in [-0.1, -0.05) is 12.1 Å². The normalized spacial score (nSPS) is 10.9. The maximum Gasteiger partial charge on any atom is 0.293 e. The van der Waals surface area contributed by atoms with Crippen molar-refractivity contribution in [3.05, 3.63) is 77.1 Å². The fourth-order valence-electron chi connectivity index (χ4n) is 2.97. The van der Waals surface area contributed by atoms with Crippen molar-refractivity contribution in [1.82, 2.24) is 19.4 Å². The van der Waals surface area contributed by atoms with Crippen LogP contribution in [0, 0.1) is 5.82 Å². The SMILES string of the molecule is CCOc1ccc(-c2cc3c(=O)n(CC(=O)Nc4ccccc4F)ncn3n2)cc1. The van der Waals surface area contributed by atoms with Crippen LogP contribution in [-0.4, -0.2) is 31.9 Å². The van der Waals surface area contributed by atoms with E-state index < -0.39 is 17.3 Å². The number of nitrogens with one attached hydrogen (secondary N) is 1.